The van der Waals surface area contributed by atoms with Gasteiger partial charge in [0, 0.05) is 17.9 Å². The number of hydrogen-bond acceptors (Lipinski definition) is 8. The van der Waals surface area contributed by atoms with E-state index in [1.807, 2.05) is 58.0 Å². The number of fused-ring (bicyclic) bond motifs is 1. The van der Waals surface area contributed by atoms with Gasteiger partial charge in [0.15, 0.2) is 11.3 Å². The summed E-state index contributed by atoms with van der Waals surface area (Å²) in [6.07, 6.45) is 0. The third kappa shape index (κ3) is 4.64. The molecule has 0 atom stereocenters. The highest BCUT2D eigenvalue weighted by molar-refractivity contribution is 5.88. The molecule has 0 saturated carbocycles. The molecule has 8 nitrogen and oxygen atoms in total. The van der Waals surface area contributed by atoms with Crippen LogP contribution in [0, 0.1) is 0 Å². The monoisotopic (exact) mass is 448 g/mol. The molecule has 0 amide bonds. The van der Waals surface area contributed by atoms with Gasteiger partial charge in [-0.3, -0.25) is 4.79 Å². The number of carbonyl (C=O) groups is 1. The lowest BCUT2D eigenvalue weighted by Crippen LogP contribution is -2.13. The van der Waals surface area contributed by atoms with Gasteiger partial charge >= 0.3 is 11.6 Å². The molecule has 2 heterocycles. The van der Waals surface area contributed by atoms with Crippen LogP contribution in [-0.4, -0.2) is 22.7 Å². The molecule has 0 fully saturated rings. The molecule has 33 heavy (non-hydrogen) atoms. The van der Waals surface area contributed by atoms with Gasteiger partial charge in [0.25, 0.3) is 5.89 Å². The average molecular weight is 448 g/mol. The van der Waals surface area contributed by atoms with E-state index in [0.29, 0.717) is 23.4 Å². The highest BCUT2D eigenvalue weighted by atomic mass is 16.5. The van der Waals surface area contributed by atoms with Gasteiger partial charge in [0.05, 0.1) is 6.61 Å². The van der Waals surface area contributed by atoms with Gasteiger partial charge in [-0.2, -0.15) is 4.98 Å². The Labute approximate surface area is 190 Å². The first-order valence-corrected chi connectivity index (χ1v) is 10.5. The number of ether oxygens (including phenoxy) is 2. The number of aromatic nitrogens is 2. The smallest absolute Gasteiger partial charge is 0.349 e. The fraction of sp³-hybridized carbons (Fsp3) is 0.280. The molecule has 0 spiro atoms. The molecule has 0 N–H and O–H groups in total. The summed E-state index contributed by atoms with van der Waals surface area (Å²) < 4.78 is 21.7. The molecule has 0 aliphatic rings. The van der Waals surface area contributed by atoms with Crippen molar-refractivity contribution in [3.05, 3.63) is 58.4 Å². The summed E-state index contributed by atoms with van der Waals surface area (Å²) in [5.41, 5.74) is 1.01. The zero-order chi connectivity index (χ0) is 23.8. The molecule has 0 aliphatic carbocycles. The first-order chi connectivity index (χ1) is 15.7. The minimum absolute atomic E-state index is 0.0322. The Balaban J connectivity index is 1.79. The second-order valence-electron chi connectivity index (χ2n) is 8.56. The summed E-state index contributed by atoms with van der Waals surface area (Å²) in [6.45, 7) is 9.88. The molecule has 170 valence electrons. The molecule has 4 aromatic rings. The number of hydrogen-bond donors (Lipinski definition) is 0. The molecular weight excluding hydrogens is 424 g/mol. The van der Waals surface area contributed by atoms with E-state index in [0.717, 1.165) is 11.3 Å². The highest BCUT2D eigenvalue weighted by Crippen LogP contribution is 2.34. The number of benzene rings is 2. The van der Waals surface area contributed by atoms with E-state index in [-0.39, 0.29) is 28.2 Å². The molecule has 8 heteroatoms. The van der Waals surface area contributed by atoms with Crippen LogP contribution in [0.5, 0.6) is 11.5 Å². The molecule has 0 saturated heterocycles. The summed E-state index contributed by atoms with van der Waals surface area (Å²) in [7, 11) is 0. The van der Waals surface area contributed by atoms with Crippen molar-refractivity contribution in [2.45, 2.75) is 40.0 Å². The maximum atomic E-state index is 12.8. The zero-order valence-electron chi connectivity index (χ0n) is 19.1. The largest absolute Gasteiger partial charge is 0.494 e. The third-order valence-corrected chi connectivity index (χ3v) is 5.00. The van der Waals surface area contributed by atoms with Crippen LogP contribution in [0.2, 0.25) is 0 Å². The van der Waals surface area contributed by atoms with Gasteiger partial charge in [-0.25, -0.2) is 4.79 Å². The van der Waals surface area contributed by atoms with Crippen LogP contribution in [0.3, 0.4) is 0 Å². The second-order valence-corrected chi connectivity index (χ2v) is 8.56. The maximum Gasteiger partial charge on any atom is 0.349 e. The standard InChI is InChI=1S/C25H24N2O6/c1-6-30-18-9-7-15(8-10-18)22-26-23(33-27-22)19-12-16-11-17(25(3,4)5)13-20(31-14(2)28)21(16)32-24(19)29/h7-13H,6H2,1-5H3. The minimum atomic E-state index is -0.679. The van der Waals surface area contributed by atoms with E-state index in [2.05, 4.69) is 10.1 Å². The number of esters is 1. The van der Waals surface area contributed by atoms with Crippen molar-refractivity contribution in [2.24, 2.45) is 0 Å². The average Bonchev–Trinajstić information content (AvgIpc) is 3.23. The first kappa shape index (κ1) is 22.3. The summed E-state index contributed by atoms with van der Waals surface area (Å²) in [6, 6.07) is 12.4. The van der Waals surface area contributed by atoms with Gasteiger partial charge in [-0.05, 0) is 60.4 Å². The van der Waals surface area contributed by atoms with Crippen LogP contribution < -0.4 is 15.1 Å². The lowest BCUT2D eigenvalue weighted by molar-refractivity contribution is -0.131. The number of carbonyl (C=O) groups excluding carboxylic acids is 1. The van der Waals surface area contributed by atoms with Crippen molar-refractivity contribution in [1.29, 1.82) is 0 Å². The number of rotatable bonds is 5. The Bertz CT molecular complexity index is 1380. The van der Waals surface area contributed by atoms with Crippen molar-refractivity contribution in [3.8, 4) is 34.3 Å². The second kappa shape index (κ2) is 8.54. The predicted octanol–water partition coefficient (Wildman–Crippen LogP) is 5.13. The third-order valence-electron chi connectivity index (χ3n) is 5.00. The topological polar surface area (TPSA) is 105 Å². The van der Waals surface area contributed by atoms with Gasteiger partial charge in [-0.15, -0.1) is 0 Å². The highest BCUT2D eigenvalue weighted by Gasteiger charge is 2.22. The van der Waals surface area contributed by atoms with Crippen LogP contribution in [0.15, 0.2) is 56.2 Å². The molecule has 2 aromatic heterocycles. The van der Waals surface area contributed by atoms with Gasteiger partial charge in [0.1, 0.15) is 11.3 Å². The molecule has 0 unspecified atom stereocenters. The molecule has 0 aliphatic heterocycles. The van der Waals surface area contributed by atoms with Crippen LogP contribution in [-0.2, 0) is 10.2 Å². The Morgan fingerprint density at radius 2 is 1.82 bits per heavy atom. The summed E-state index contributed by atoms with van der Waals surface area (Å²) in [5, 5.41) is 4.57. The van der Waals surface area contributed by atoms with Crippen LogP contribution in [0.25, 0.3) is 33.8 Å². The molecule has 0 radical (unpaired) electrons. The summed E-state index contributed by atoms with van der Waals surface area (Å²) in [5.74, 6) is 0.778. The van der Waals surface area contributed by atoms with Crippen molar-refractivity contribution in [1.82, 2.24) is 10.1 Å². The normalized spacial score (nSPS) is 11.5. The van der Waals surface area contributed by atoms with E-state index < -0.39 is 11.6 Å². The van der Waals surface area contributed by atoms with E-state index in [1.165, 1.54) is 6.92 Å². The van der Waals surface area contributed by atoms with E-state index in [4.69, 9.17) is 18.4 Å². The Morgan fingerprint density at radius 3 is 2.45 bits per heavy atom. The Hall–Kier alpha value is -3.94. The van der Waals surface area contributed by atoms with Gasteiger partial charge in [0.2, 0.25) is 5.82 Å². The van der Waals surface area contributed by atoms with Gasteiger partial charge in [-0.1, -0.05) is 25.9 Å². The van der Waals surface area contributed by atoms with Crippen LogP contribution in [0.4, 0.5) is 0 Å². The van der Waals surface area contributed by atoms with Crippen molar-refractivity contribution < 1.29 is 23.2 Å². The SMILES string of the molecule is CCOc1ccc(-c2noc(-c3cc4cc(C(C)(C)C)cc(OC(C)=O)c4oc3=O)n2)cc1. The maximum absolute atomic E-state index is 12.8. The van der Waals surface area contributed by atoms with Crippen molar-refractivity contribution in [3.63, 3.8) is 0 Å². The molecule has 2 aromatic carbocycles. The molecule has 4 rings (SSSR count). The summed E-state index contributed by atoms with van der Waals surface area (Å²) >= 11 is 0. The minimum Gasteiger partial charge on any atom is -0.494 e. The fourth-order valence-corrected chi connectivity index (χ4v) is 3.33. The Kier molecular flexibility index (Phi) is 5.76. The number of nitrogens with zero attached hydrogens (tertiary/aromatic N) is 2. The lowest BCUT2D eigenvalue weighted by Gasteiger charge is -2.20. The van der Waals surface area contributed by atoms with Crippen LogP contribution >= 0.6 is 0 Å². The fourth-order valence-electron chi connectivity index (χ4n) is 3.33. The van der Waals surface area contributed by atoms with Crippen LogP contribution in [0.1, 0.15) is 40.2 Å². The predicted molar refractivity (Wildman–Crippen MR) is 122 cm³/mol. The first-order valence-electron chi connectivity index (χ1n) is 10.5. The quantitative estimate of drug-likeness (QED) is 0.235. The summed E-state index contributed by atoms with van der Waals surface area (Å²) in [4.78, 5) is 28.7. The van der Waals surface area contributed by atoms with E-state index in [1.54, 1.807) is 12.1 Å². The van der Waals surface area contributed by atoms with E-state index in [9.17, 15) is 9.59 Å². The van der Waals surface area contributed by atoms with Crippen molar-refractivity contribution in [2.75, 3.05) is 6.61 Å². The van der Waals surface area contributed by atoms with Gasteiger partial charge < -0.3 is 18.4 Å². The Morgan fingerprint density at radius 1 is 1.09 bits per heavy atom. The molecular formula is C25H24N2O6. The lowest BCUT2D eigenvalue weighted by atomic mass is 9.86. The van der Waals surface area contributed by atoms with E-state index >= 15 is 0 Å². The van der Waals surface area contributed by atoms with Crippen molar-refractivity contribution >= 4 is 16.9 Å². The molecule has 0 bridgehead atoms. The zero-order valence-corrected chi connectivity index (χ0v) is 19.1.